The summed E-state index contributed by atoms with van der Waals surface area (Å²) in [6, 6.07) is 0. The van der Waals surface area contributed by atoms with Gasteiger partial charge in [0.15, 0.2) is 12.0 Å². The zero-order valence-corrected chi connectivity index (χ0v) is 7.90. The van der Waals surface area contributed by atoms with Gasteiger partial charge < -0.3 is 4.42 Å². The number of fused-ring (bicyclic) bond motifs is 1. The fourth-order valence-corrected chi connectivity index (χ4v) is 1.30. The zero-order chi connectivity index (χ0) is 9.42. The van der Waals surface area contributed by atoms with Crippen molar-refractivity contribution < 1.29 is 4.42 Å². The monoisotopic (exact) mass is 177 g/mol. The molecule has 68 valence electrons. The fraction of sp³-hybridized carbons (Fsp3) is 0.444. The van der Waals surface area contributed by atoms with Crippen LogP contribution in [0.15, 0.2) is 10.8 Å². The Morgan fingerprint density at radius 1 is 1.31 bits per heavy atom. The molecule has 0 aliphatic carbocycles. The summed E-state index contributed by atoms with van der Waals surface area (Å²) in [5, 5.41) is 8.12. The van der Waals surface area contributed by atoms with Crippen LogP contribution in [0.3, 0.4) is 0 Å². The zero-order valence-electron chi connectivity index (χ0n) is 7.90. The maximum Gasteiger partial charge on any atom is 0.182 e. The molecule has 0 saturated heterocycles. The van der Waals surface area contributed by atoms with Gasteiger partial charge in [0.05, 0.1) is 5.69 Å². The lowest BCUT2D eigenvalue weighted by Gasteiger charge is -2.03. The van der Waals surface area contributed by atoms with Gasteiger partial charge in [-0.1, -0.05) is 13.8 Å². The second kappa shape index (κ2) is 2.80. The van der Waals surface area contributed by atoms with Crippen LogP contribution in [0.25, 0.3) is 11.1 Å². The standard InChI is InChI=1S/C9H11N3O/c1-5(2)7-8-9(13-4-10-8)6(3)11-12-7/h4-5H,1-3H3. The average molecular weight is 177 g/mol. The van der Waals surface area contributed by atoms with E-state index < -0.39 is 0 Å². The second-order valence-corrected chi connectivity index (χ2v) is 3.36. The van der Waals surface area contributed by atoms with Crippen LogP contribution in [0.2, 0.25) is 0 Å². The molecule has 2 aromatic rings. The van der Waals surface area contributed by atoms with Crippen molar-refractivity contribution in [1.82, 2.24) is 15.2 Å². The van der Waals surface area contributed by atoms with E-state index in [0.717, 1.165) is 22.5 Å². The van der Waals surface area contributed by atoms with Gasteiger partial charge in [-0.25, -0.2) is 4.98 Å². The Kier molecular flexibility index (Phi) is 1.76. The quantitative estimate of drug-likeness (QED) is 0.668. The molecule has 0 aliphatic rings. The SMILES string of the molecule is Cc1nnc(C(C)C)c2ncoc12. The normalized spacial score (nSPS) is 11.4. The maximum atomic E-state index is 5.23. The van der Waals surface area contributed by atoms with Crippen LogP contribution < -0.4 is 0 Å². The molecule has 2 aromatic heterocycles. The molecule has 4 heteroatoms. The van der Waals surface area contributed by atoms with E-state index in [1.807, 2.05) is 6.92 Å². The fourth-order valence-electron chi connectivity index (χ4n) is 1.30. The van der Waals surface area contributed by atoms with Crippen molar-refractivity contribution in [2.75, 3.05) is 0 Å². The molecule has 0 spiro atoms. The first kappa shape index (κ1) is 8.16. The van der Waals surface area contributed by atoms with Crippen LogP contribution in [0, 0.1) is 6.92 Å². The Labute approximate surface area is 76.0 Å². The Hall–Kier alpha value is -1.45. The topological polar surface area (TPSA) is 51.8 Å². The summed E-state index contributed by atoms with van der Waals surface area (Å²) in [6.07, 6.45) is 1.44. The third-order valence-electron chi connectivity index (χ3n) is 1.99. The highest BCUT2D eigenvalue weighted by Gasteiger charge is 2.13. The summed E-state index contributed by atoms with van der Waals surface area (Å²) in [5.74, 6) is 0.320. The molecule has 4 nitrogen and oxygen atoms in total. The molecule has 0 saturated carbocycles. The number of hydrogen-bond acceptors (Lipinski definition) is 4. The van der Waals surface area contributed by atoms with Crippen molar-refractivity contribution in [2.45, 2.75) is 26.7 Å². The molecule has 0 unspecified atom stereocenters. The van der Waals surface area contributed by atoms with Gasteiger partial charge in [0, 0.05) is 0 Å². The van der Waals surface area contributed by atoms with Gasteiger partial charge in [0.1, 0.15) is 11.2 Å². The lowest BCUT2D eigenvalue weighted by Crippen LogP contribution is -1.98. The Morgan fingerprint density at radius 3 is 2.77 bits per heavy atom. The van der Waals surface area contributed by atoms with Crippen LogP contribution in [0.1, 0.15) is 31.2 Å². The molecule has 0 aromatic carbocycles. The summed E-state index contributed by atoms with van der Waals surface area (Å²) in [5.41, 5.74) is 3.27. The van der Waals surface area contributed by atoms with E-state index in [9.17, 15) is 0 Å². The number of hydrogen-bond donors (Lipinski definition) is 0. The van der Waals surface area contributed by atoms with E-state index >= 15 is 0 Å². The van der Waals surface area contributed by atoms with Crippen LogP contribution in [0.5, 0.6) is 0 Å². The van der Waals surface area contributed by atoms with Crippen LogP contribution in [-0.2, 0) is 0 Å². The smallest absolute Gasteiger partial charge is 0.182 e. The van der Waals surface area contributed by atoms with Gasteiger partial charge in [0.25, 0.3) is 0 Å². The van der Waals surface area contributed by atoms with Gasteiger partial charge in [-0.05, 0) is 12.8 Å². The van der Waals surface area contributed by atoms with E-state index in [0.29, 0.717) is 5.92 Å². The third-order valence-corrected chi connectivity index (χ3v) is 1.99. The minimum Gasteiger partial charge on any atom is -0.441 e. The van der Waals surface area contributed by atoms with Crippen molar-refractivity contribution >= 4 is 11.1 Å². The summed E-state index contributed by atoms with van der Waals surface area (Å²) in [7, 11) is 0. The van der Waals surface area contributed by atoms with Crippen molar-refractivity contribution in [3.05, 3.63) is 17.8 Å². The highest BCUT2D eigenvalue weighted by Crippen LogP contribution is 2.22. The molecule has 0 atom stereocenters. The van der Waals surface area contributed by atoms with Gasteiger partial charge in [-0.2, -0.15) is 10.2 Å². The number of rotatable bonds is 1. The van der Waals surface area contributed by atoms with Crippen LogP contribution in [0.4, 0.5) is 0 Å². The van der Waals surface area contributed by atoms with Crippen molar-refractivity contribution in [1.29, 1.82) is 0 Å². The third kappa shape index (κ3) is 1.18. The Balaban J connectivity index is 2.78. The molecule has 2 heterocycles. The highest BCUT2D eigenvalue weighted by atomic mass is 16.3. The molecule has 0 bridgehead atoms. The largest absolute Gasteiger partial charge is 0.441 e. The molecule has 0 radical (unpaired) electrons. The number of oxazole rings is 1. The first-order valence-corrected chi connectivity index (χ1v) is 4.26. The number of aryl methyl sites for hydroxylation is 1. The first-order valence-electron chi connectivity index (χ1n) is 4.26. The predicted molar refractivity (Wildman–Crippen MR) is 48.4 cm³/mol. The van der Waals surface area contributed by atoms with Crippen molar-refractivity contribution in [3.63, 3.8) is 0 Å². The summed E-state index contributed by atoms with van der Waals surface area (Å²) >= 11 is 0. The molecule has 0 N–H and O–H groups in total. The summed E-state index contributed by atoms with van der Waals surface area (Å²) in [6.45, 7) is 5.99. The highest BCUT2D eigenvalue weighted by molar-refractivity contribution is 5.76. The molecule has 0 fully saturated rings. The van der Waals surface area contributed by atoms with E-state index in [2.05, 4.69) is 29.0 Å². The van der Waals surface area contributed by atoms with Crippen molar-refractivity contribution in [2.24, 2.45) is 0 Å². The van der Waals surface area contributed by atoms with E-state index in [1.54, 1.807) is 0 Å². The minimum atomic E-state index is 0.320. The molecule has 13 heavy (non-hydrogen) atoms. The minimum absolute atomic E-state index is 0.320. The lowest BCUT2D eigenvalue weighted by molar-refractivity contribution is 0.596. The molecular weight excluding hydrogens is 166 g/mol. The second-order valence-electron chi connectivity index (χ2n) is 3.36. The maximum absolute atomic E-state index is 5.23. The summed E-state index contributed by atoms with van der Waals surface area (Å²) in [4.78, 5) is 4.13. The Bertz CT molecular complexity index is 433. The van der Waals surface area contributed by atoms with E-state index in [4.69, 9.17) is 4.42 Å². The molecule has 0 amide bonds. The molecule has 2 rings (SSSR count). The van der Waals surface area contributed by atoms with Gasteiger partial charge in [0.2, 0.25) is 0 Å². The molecular formula is C9H11N3O. The molecule has 0 aliphatic heterocycles. The average Bonchev–Trinajstić information content (AvgIpc) is 2.53. The van der Waals surface area contributed by atoms with Crippen LogP contribution in [-0.4, -0.2) is 15.2 Å². The van der Waals surface area contributed by atoms with Crippen LogP contribution >= 0.6 is 0 Å². The van der Waals surface area contributed by atoms with E-state index in [1.165, 1.54) is 6.39 Å². The van der Waals surface area contributed by atoms with Crippen molar-refractivity contribution in [3.8, 4) is 0 Å². The van der Waals surface area contributed by atoms with E-state index in [-0.39, 0.29) is 0 Å². The number of aromatic nitrogens is 3. The van der Waals surface area contributed by atoms with Gasteiger partial charge in [-0.15, -0.1) is 0 Å². The first-order chi connectivity index (χ1) is 6.20. The lowest BCUT2D eigenvalue weighted by atomic mass is 10.1. The Morgan fingerprint density at radius 2 is 2.08 bits per heavy atom. The number of nitrogens with zero attached hydrogens (tertiary/aromatic N) is 3. The summed E-state index contributed by atoms with van der Waals surface area (Å²) < 4.78 is 5.23. The predicted octanol–water partition coefficient (Wildman–Crippen LogP) is 2.05. The van der Waals surface area contributed by atoms with Gasteiger partial charge >= 0.3 is 0 Å². The van der Waals surface area contributed by atoms with Gasteiger partial charge in [-0.3, -0.25) is 0 Å².